The molecule has 0 unspecified atom stereocenters. The molecule has 1 aliphatic heterocycles. The molecule has 0 radical (unpaired) electrons. The summed E-state index contributed by atoms with van der Waals surface area (Å²) in [5.74, 6) is 0.942. The number of hydrogen-bond donors (Lipinski definition) is 1. The van der Waals surface area contributed by atoms with E-state index in [-0.39, 0.29) is 6.09 Å². The largest absolute Gasteiger partial charge is 0.465 e. The monoisotopic (exact) mass is 367 g/mol. The number of nitrogens with two attached hydrogens (primary N) is 1. The SMILES string of the molecule is NC(=O)c1ccc(OC=CC2CCN(C(=O)Oc3cccnc3)CC2)cc1. The number of carbonyl (C=O) groups is 2. The van der Waals surface area contributed by atoms with Gasteiger partial charge >= 0.3 is 6.09 Å². The van der Waals surface area contributed by atoms with Gasteiger partial charge in [-0.3, -0.25) is 9.78 Å². The van der Waals surface area contributed by atoms with Crippen LogP contribution in [0.3, 0.4) is 0 Å². The van der Waals surface area contributed by atoms with Crippen LogP contribution in [0.4, 0.5) is 4.79 Å². The number of allylic oxidation sites excluding steroid dienone is 1. The van der Waals surface area contributed by atoms with Crippen LogP contribution in [-0.4, -0.2) is 35.0 Å². The van der Waals surface area contributed by atoms with Gasteiger partial charge in [0.1, 0.15) is 5.75 Å². The summed E-state index contributed by atoms with van der Waals surface area (Å²) in [7, 11) is 0. The Morgan fingerprint density at radius 1 is 1.11 bits per heavy atom. The summed E-state index contributed by atoms with van der Waals surface area (Å²) < 4.78 is 10.9. The molecule has 140 valence electrons. The minimum Gasteiger partial charge on any atom is -0.465 e. The lowest BCUT2D eigenvalue weighted by Crippen LogP contribution is -2.39. The molecule has 2 amide bonds. The third kappa shape index (κ3) is 5.31. The first-order valence-corrected chi connectivity index (χ1v) is 8.72. The van der Waals surface area contributed by atoms with E-state index in [1.807, 2.05) is 6.08 Å². The molecule has 0 spiro atoms. The van der Waals surface area contributed by atoms with Crippen molar-refractivity contribution in [2.24, 2.45) is 11.7 Å². The van der Waals surface area contributed by atoms with Gasteiger partial charge in [-0.1, -0.05) is 0 Å². The van der Waals surface area contributed by atoms with E-state index < -0.39 is 5.91 Å². The van der Waals surface area contributed by atoms with Crippen LogP contribution in [0, 0.1) is 5.92 Å². The molecule has 1 aliphatic rings. The van der Waals surface area contributed by atoms with E-state index >= 15 is 0 Å². The van der Waals surface area contributed by atoms with Crippen LogP contribution in [0.1, 0.15) is 23.2 Å². The zero-order valence-corrected chi connectivity index (χ0v) is 14.8. The summed E-state index contributed by atoms with van der Waals surface area (Å²) >= 11 is 0. The van der Waals surface area contributed by atoms with Gasteiger partial charge in [-0.2, -0.15) is 0 Å². The fraction of sp³-hybridized carbons (Fsp3) is 0.250. The average Bonchev–Trinajstić information content (AvgIpc) is 2.69. The minimum absolute atomic E-state index is 0.331. The lowest BCUT2D eigenvalue weighted by molar-refractivity contribution is 0.1000. The van der Waals surface area contributed by atoms with E-state index in [9.17, 15) is 9.59 Å². The van der Waals surface area contributed by atoms with Crippen LogP contribution >= 0.6 is 0 Å². The summed E-state index contributed by atoms with van der Waals surface area (Å²) in [6.45, 7) is 1.25. The third-order valence-corrected chi connectivity index (χ3v) is 4.33. The number of benzene rings is 1. The van der Waals surface area contributed by atoms with Crippen molar-refractivity contribution >= 4 is 12.0 Å². The number of carbonyl (C=O) groups excluding carboxylic acids is 2. The lowest BCUT2D eigenvalue weighted by Gasteiger charge is -2.29. The molecular weight excluding hydrogens is 346 g/mol. The first-order valence-electron chi connectivity index (χ1n) is 8.72. The van der Waals surface area contributed by atoms with Gasteiger partial charge in [0.05, 0.1) is 12.5 Å². The number of likely N-dealkylation sites (tertiary alicyclic amines) is 1. The Hall–Kier alpha value is -3.35. The highest BCUT2D eigenvalue weighted by Gasteiger charge is 2.23. The smallest absolute Gasteiger partial charge is 0.415 e. The van der Waals surface area contributed by atoms with E-state index in [0.717, 1.165) is 12.8 Å². The van der Waals surface area contributed by atoms with E-state index in [1.165, 1.54) is 6.20 Å². The summed E-state index contributed by atoms with van der Waals surface area (Å²) in [5, 5.41) is 0. The molecule has 2 N–H and O–H groups in total. The molecule has 0 atom stereocenters. The number of pyridine rings is 1. The lowest BCUT2D eigenvalue weighted by atomic mass is 9.97. The van der Waals surface area contributed by atoms with Gasteiger partial charge in [-0.05, 0) is 61.2 Å². The maximum Gasteiger partial charge on any atom is 0.415 e. The highest BCUT2D eigenvalue weighted by molar-refractivity contribution is 5.92. The van der Waals surface area contributed by atoms with Crippen LogP contribution in [0.5, 0.6) is 11.5 Å². The number of rotatable bonds is 5. The van der Waals surface area contributed by atoms with Crippen molar-refractivity contribution in [3.8, 4) is 11.5 Å². The second-order valence-corrected chi connectivity index (χ2v) is 6.22. The Bertz CT molecular complexity index is 798. The quantitative estimate of drug-likeness (QED) is 0.820. The van der Waals surface area contributed by atoms with Crippen LogP contribution < -0.4 is 15.2 Å². The van der Waals surface area contributed by atoms with Gasteiger partial charge in [0.25, 0.3) is 0 Å². The van der Waals surface area contributed by atoms with E-state index in [0.29, 0.717) is 36.1 Å². The molecule has 27 heavy (non-hydrogen) atoms. The predicted molar refractivity (Wildman–Crippen MR) is 99.3 cm³/mol. The number of nitrogens with zero attached hydrogens (tertiary/aromatic N) is 2. The van der Waals surface area contributed by atoms with Crippen LogP contribution in [0.15, 0.2) is 61.1 Å². The molecule has 1 aromatic heterocycles. The first kappa shape index (κ1) is 18.4. The number of primary amides is 1. The summed E-state index contributed by atoms with van der Waals surface area (Å²) in [6, 6.07) is 10.1. The molecule has 0 saturated carbocycles. The molecule has 7 nitrogen and oxygen atoms in total. The highest BCUT2D eigenvalue weighted by Crippen LogP contribution is 2.20. The summed E-state index contributed by atoms with van der Waals surface area (Å²) in [5.41, 5.74) is 5.64. The van der Waals surface area contributed by atoms with Crippen molar-refractivity contribution in [2.45, 2.75) is 12.8 Å². The zero-order valence-electron chi connectivity index (χ0n) is 14.8. The maximum absolute atomic E-state index is 12.1. The van der Waals surface area contributed by atoms with Gasteiger partial charge in [0.2, 0.25) is 5.91 Å². The van der Waals surface area contributed by atoms with Gasteiger partial charge in [-0.25, -0.2) is 4.79 Å². The molecule has 1 fully saturated rings. The second-order valence-electron chi connectivity index (χ2n) is 6.22. The maximum atomic E-state index is 12.1. The van der Waals surface area contributed by atoms with Crippen LogP contribution in [0.2, 0.25) is 0 Å². The summed E-state index contributed by atoms with van der Waals surface area (Å²) in [4.78, 5) is 28.8. The normalized spacial score (nSPS) is 14.9. The standard InChI is InChI=1S/C20H21N3O4/c21-19(24)16-3-5-17(6-4-16)26-13-9-15-7-11-23(12-8-15)20(25)27-18-2-1-10-22-14-18/h1-6,9-10,13-15H,7-8,11-12H2,(H2,21,24). The van der Waals surface area contributed by atoms with Crippen molar-refractivity contribution in [2.75, 3.05) is 13.1 Å². The van der Waals surface area contributed by atoms with E-state index in [2.05, 4.69) is 4.98 Å². The minimum atomic E-state index is -0.467. The van der Waals surface area contributed by atoms with Gasteiger partial charge in [0.15, 0.2) is 5.75 Å². The fourth-order valence-corrected chi connectivity index (χ4v) is 2.77. The van der Waals surface area contributed by atoms with Gasteiger partial charge in [-0.15, -0.1) is 0 Å². The van der Waals surface area contributed by atoms with Crippen LogP contribution in [-0.2, 0) is 0 Å². The van der Waals surface area contributed by atoms with Crippen molar-refractivity contribution in [1.29, 1.82) is 0 Å². The number of amides is 2. The Labute approximate surface area is 157 Å². The molecule has 2 heterocycles. The average molecular weight is 367 g/mol. The topological polar surface area (TPSA) is 94.8 Å². The molecule has 1 aromatic carbocycles. The molecule has 0 aliphatic carbocycles. The second kappa shape index (κ2) is 8.84. The first-order chi connectivity index (χ1) is 13.1. The summed E-state index contributed by atoms with van der Waals surface area (Å²) in [6.07, 6.45) is 8.10. The number of aromatic nitrogens is 1. The number of hydrogen-bond acceptors (Lipinski definition) is 5. The van der Waals surface area contributed by atoms with Crippen molar-refractivity contribution in [3.63, 3.8) is 0 Å². The van der Waals surface area contributed by atoms with Crippen molar-refractivity contribution < 1.29 is 19.1 Å². The van der Waals surface area contributed by atoms with Crippen molar-refractivity contribution in [1.82, 2.24) is 9.88 Å². The number of piperidine rings is 1. The Morgan fingerprint density at radius 2 is 1.85 bits per heavy atom. The highest BCUT2D eigenvalue weighted by atomic mass is 16.6. The molecule has 0 bridgehead atoms. The predicted octanol–water partition coefficient (Wildman–Crippen LogP) is 2.98. The Morgan fingerprint density at radius 3 is 2.48 bits per heavy atom. The fourth-order valence-electron chi connectivity index (χ4n) is 2.77. The third-order valence-electron chi connectivity index (χ3n) is 4.33. The molecule has 7 heteroatoms. The van der Waals surface area contributed by atoms with E-state index in [4.69, 9.17) is 15.2 Å². The van der Waals surface area contributed by atoms with Crippen molar-refractivity contribution in [3.05, 3.63) is 66.7 Å². The molecule has 2 aromatic rings. The number of ether oxygens (including phenoxy) is 2. The van der Waals surface area contributed by atoms with Gasteiger partial charge in [0, 0.05) is 24.8 Å². The molecule has 3 rings (SSSR count). The molecule has 1 saturated heterocycles. The Balaban J connectivity index is 1.43. The zero-order chi connectivity index (χ0) is 19.1. The van der Waals surface area contributed by atoms with Crippen LogP contribution in [0.25, 0.3) is 0 Å². The van der Waals surface area contributed by atoms with E-state index in [1.54, 1.807) is 53.8 Å². The van der Waals surface area contributed by atoms with Gasteiger partial charge < -0.3 is 20.1 Å². The Kier molecular flexibility index (Phi) is 6.04. The molecular formula is C20H21N3O4.